The Balaban J connectivity index is 1.63. The van der Waals surface area contributed by atoms with Gasteiger partial charge in [-0.05, 0) is 66.6 Å². The molecular weight excluding hydrogens is 423 g/mol. The highest BCUT2D eigenvalue weighted by atomic mass is 19.1. The van der Waals surface area contributed by atoms with Gasteiger partial charge in [-0.2, -0.15) is 9.78 Å². The lowest BCUT2D eigenvalue weighted by molar-refractivity contribution is 0.102. The van der Waals surface area contributed by atoms with E-state index < -0.39 is 11.7 Å². The summed E-state index contributed by atoms with van der Waals surface area (Å²) >= 11 is 0. The number of carbonyl (C=O) groups excluding carboxylic acids is 1. The second-order valence-electron chi connectivity index (χ2n) is 8.39. The summed E-state index contributed by atoms with van der Waals surface area (Å²) < 4.78 is 18.1. The monoisotopic (exact) mass is 448 g/mol. The van der Waals surface area contributed by atoms with E-state index in [9.17, 15) is 9.18 Å². The van der Waals surface area contributed by atoms with Crippen molar-refractivity contribution in [3.8, 4) is 16.9 Å². The smallest absolute Gasteiger partial charge is 0.259 e. The van der Waals surface area contributed by atoms with Gasteiger partial charge in [-0.25, -0.2) is 9.37 Å². The SMILES string of the molecule is Cc1cc(F)c(C(=O)Nc2cccc(-n3nnnc3C(C)C)n2)cc1-c1cnn(C(C)C)c1. The largest absolute Gasteiger partial charge is 0.306 e. The summed E-state index contributed by atoms with van der Waals surface area (Å²) in [5.74, 6) is 0.228. The molecule has 4 aromatic rings. The lowest BCUT2D eigenvalue weighted by Gasteiger charge is -2.11. The molecule has 33 heavy (non-hydrogen) atoms. The van der Waals surface area contributed by atoms with Crippen LogP contribution in [-0.2, 0) is 0 Å². The molecule has 0 spiro atoms. The number of nitrogens with one attached hydrogen (secondary N) is 1. The van der Waals surface area contributed by atoms with Crippen LogP contribution in [0, 0.1) is 12.7 Å². The Morgan fingerprint density at radius 1 is 1.15 bits per heavy atom. The molecule has 1 amide bonds. The van der Waals surface area contributed by atoms with Crippen molar-refractivity contribution in [1.82, 2.24) is 35.0 Å². The predicted molar refractivity (Wildman–Crippen MR) is 122 cm³/mol. The molecule has 0 aliphatic rings. The number of amides is 1. The number of benzene rings is 1. The van der Waals surface area contributed by atoms with Gasteiger partial charge in [-0.3, -0.25) is 9.48 Å². The van der Waals surface area contributed by atoms with Gasteiger partial charge in [-0.1, -0.05) is 19.9 Å². The predicted octanol–water partition coefficient (Wildman–Crippen LogP) is 4.32. The van der Waals surface area contributed by atoms with Crippen molar-refractivity contribution in [3.05, 3.63) is 65.5 Å². The number of aromatic nitrogens is 7. The number of hydrogen-bond donors (Lipinski definition) is 1. The molecule has 0 aliphatic carbocycles. The molecule has 3 heterocycles. The van der Waals surface area contributed by atoms with Gasteiger partial charge in [-0.15, -0.1) is 5.10 Å². The van der Waals surface area contributed by atoms with Crippen LogP contribution in [0.25, 0.3) is 16.9 Å². The Bertz CT molecular complexity index is 1310. The standard InChI is InChI=1S/C23H25FN8O/c1-13(2)22-28-29-30-32(22)21-8-6-7-20(26-21)27-23(33)18-10-17(15(5)9-19(18)24)16-11-25-31(12-16)14(3)4/h6-14H,1-5H3,(H,26,27,33). The van der Waals surface area contributed by atoms with Crippen LogP contribution in [0.4, 0.5) is 10.2 Å². The molecular formula is C23H25FN8O. The van der Waals surface area contributed by atoms with E-state index in [0.29, 0.717) is 17.2 Å². The second-order valence-corrected chi connectivity index (χ2v) is 8.39. The van der Waals surface area contributed by atoms with Crippen molar-refractivity contribution in [2.75, 3.05) is 5.32 Å². The van der Waals surface area contributed by atoms with Crippen molar-refractivity contribution >= 4 is 11.7 Å². The lowest BCUT2D eigenvalue weighted by Crippen LogP contribution is -2.16. The van der Waals surface area contributed by atoms with Crippen LogP contribution in [0.5, 0.6) is 0 Å². The zero-order valence-corrected chi connectivity index (χ0v) is 19.1. The van der Waals surface area contributed by atoms with E-state index >= 15 is 0 Å². The maximum Gasteiger partial charge on any atom is 0.259 e. The van der Waals surface area contributed by atoms with Gasteiger partial charge in [0, 0.05) is 23.7 Å². The molecule has 0 saturated carbocycles. The Labute approximate surface area is 190 Å². The topological polar surface area (TPSA) is 103 Å². The minimum absolute atomic E-state index is 0.0783. The fourth-order valence-corrected chi connectivity index (χ4v) is 3.43. The Morgan fingerprint density at radius 3 is 2.64 bits per heavy atom. The third-order valence-corrected chi connectivity index (χ3v) is 5.20. The fraction of sp³-hybridized carbons (Fsp3) is 0.304. The number of halogens is 1. The van der Waals surface area contributed by atoms with Crippen LogP contribution in [0.1, 0.15) is 61.4 Å². The van der Waals surface area contributed by atoms with E-state index in [1.54, 1.807) is 37.4 Å². The number of nitrogens with zero attached hydrogens (tertiary/aromatic N) is 7. The molecule has 0 saturated heterocycles. The van der Waals surface area contributed by atoms with Gasteiger partial charge in [0.25, 0.3) is 5.91 Å². The second kappa shape index (κ2) is 8.89. The van der Waals surface area contributed by atoms with Crippen LogP contribution < -0.4 is 5.32 Å². The number of pyridine rings is 1. The van der Waals surface area contributed by atoms with Gasteiger partial charge in [0.1, 0.15) is 11.6 Å². The number of anilines is 1. The highest BCUT2D eigenvalue weighted by molar-refractivity contribution is 6.04. The molecule has 0 radical (unpaired) electrons. The van der Waals surface area contributed by atoms with Gasteiger partial charge in [0.15, 0.2) is 11.6 Å². The van der Waals surface area contributed by atoms with Gasteiger partial charge in [0.2, 0.25) is 0 Å². The molecule has 170 valence electrons. The highest BCUT2D eigenvalue weighted by Crippen LogP contribution is 2.27. The first kappa shape index (κ1) is 22.3. The molecule has 3 aromatic heterocycles. The van der Waals surface area contributed by atoms with E-state index in [4.69, 9.17) is 0 Å². The van der Waals surface area contributed by atoms with E-state index in [1.807, 2.05) is 38.6 Å². The molecule has 0 unspecified atom stereocenters. The highest BCUT2D eigenvalue weighted by Gasteiger charge is 2.18. The number of rotatable bonds is 6. The van der Waals surface area contributed by atoms with Crippen molar-refractivity contribution in [2.24, 2.45) is 0 Å². The fourth-order valence-electron chi connectivity index (χ4n) is 3.43. The Morgan fingerprint density at radius 2 is 1.94 bits per heavy atom. The van der Waals surface area contributed by atoms with Crippen LogP contribution >= 0.6 is 0 Å². The first-order valence-corrected chi connectivity index (χ1v) is 10.7. The van der Waals surface area contributed by atoms with Crippen LogP contribution in [0.15, 0.2) is 42.7 Å². The molecule has 1 N–H and O–H groups in total. The Hall–Kier alpha value is -3.95. The van der Waals surface area contributed by atoms with E-state index in [2.05, 4.69) is 30.9 Å². The first-order chi connectivity index (χ1) is 15.7. The maximum absolute atomic E-state index is 14.7. The minimum Gasteiger partial charge on any atom is -0.306 e. The van der Waals surface area contributed by atoms with Crippen molar-refractivity contribution in [2.45, 2.75) is 46.6 Å². The van der Waals surface area contributed by atoms with E-state index in [-0.39, 0.29) is 23.3 Å². The summed E-state index contributed by atoms with van der Waals surface area (Å²) in [6, 6.07) is 8.17. The zero-order valence-electron chi connectivity index (χ0n) is 19.1. The normalized spacial score (nSPS) is 11.4. The first-order valence-electron chi connectivity index (χ1n) is 10.7. The molecule has 10 heteroatoms. The molecule has 0 bridgehead atoms. The summed E-state index contributed by atoms with van der Waals surface area (Å²) in [4.78, 5) is 17.4. The lowest BCUT2D eigenvalue weighted by atomic mass is 9.99. The van der Waals surface area contributed by atoms with Crippen LogP contribution in [-0.4, -0.2) is 40.9 Å². The average Bonchev–Trinajstić information content (AvgIpc) is 3.44. The minimum atomic E-state index is -0.608. The quantitative estimate of drug-likeness (QED) is 0.471. The average molecular weight is 449 g/mol. The number of aryl methyl sites for hydroxylation is 1. The summed E-state index contributed by atoms with van der Waals surface area (Å²) in [6.45, 7) is 9.78. The van der Waals surface area contributed by atoms with Crippen molar-refractivity contribution in [1.29, 1.82) is 0 Å². The molecule has 9 nitrogen and oxygen atoms in total. The van der Waals surface area contributed by atoms with Crippen molar-refractivity contribution in [3.63, 3.8) is 0 Å². The van der Waals surface area contributed by atoms with E-state index in [1.165, 1.54) is 10.7 Å². The summed E-state index contributed by atoms with van der Waals surface area (Å²) in [5, 5.41) is 18.7. The van der Waals surface area contributed by atoms with E-state index in [0.717, 1.165) is 11.1 Å². The third-order valence-electron chi connectivity index (χ3n) is 5.20. The summed E-state index contributed by atoms with van der Waals surface area (Å²) in [5.41, 5.74) is 2.19. The number of tetrazole rings is 1. The van der Waals surface area contributed by atoms with Crippen LogP contribution in [0.3, 0.4) is 0 Å². The maximum atomic E-state index is 14.7. The molecule has 0 atom stereocenters. The van der Waals surface area contributed by atoms with Gasteiger partial charge < -0.3 is 5.32 Å². The Kier molecular flexibility index (Phi) is 5.99. The summed E-state index contributed by atoms with van der Waals surface area (Å²) in [7, 11) is 0. The zero-order chi connectivity index (χ0) is 23.7. The molecule has 0 aliphatic heterocycles. The number of hydrogen-bond acceptors (Lipinski definition) is 6. The van der Waals surface area contributed by atoms with Gasteiger partial charge >= 0.3 is 0 Å². The third kappa shape index (κ3) is 4.50. The van der Waals surface area contributed by atoms with Crippen LogP contribution in [0.2, 0.25) is 0 Å². The summed E-state index contributed by atoms with van der Waals surface area (Å²) in [6.07, 6.45) is 3.60. The molecule has 4 rings (SSSR count). The molecule has 1 aromatic carbocycles. The number of carbonyl (C=O) groups is 1. The molecule has 0 fully saturated rings. The van der Waals surface area contributed by atoms with Gasteiger partial charge in [0.05, 0.1) is 11.8 Å². The van der Waals surface area contributed by atoms with Crippen molar-refractivity contribution < 1.29 is 9.18 Å².